The molecule has 1 saturated carbocycles. The largest absolute Gasteiger partial charge is 0.488 e. The first-order valence-corrected chi connectivity index (χ1v) is 8.42. The molecule has 1 aliphatic carbocycles. The van der Waals surface area contributed by atoms with E-state index in [-0.39, 0.29) is 12.2 Å². The normalized spacial score (nSPS) is 23.8. The Hall–Kier alpha value is -1.06. The van der Waals surface area contributed by atoms with Crippen LogP contribution in [-0.2, 0) is 0 Å². The Labute approximate surface area is 128 Å². The molecule has 0 heterocycles. The predicted octanol–water partition coefficient (Wildman–Crippen LogP) is 3.82. The number of hydrogen-bond acceptors (Lipinski definition) is 3. The summed E-state index contributed by atoms with van der Waals surface area (Å²) in [4.78, 5) is 0. The van der Waals surface area contributed by atoms with E-state index in [0.29, 0.717) is 6.04 Å². The Kier molecular flexibility index (Phi) is 6.52. The highest BCUT2D eigenvalue weighted by atomic mass is 16.5. The van der Waals surface area contributed by atoms with Crippen molar-refractivity contribution in [3.63, 3.8) is 0 Å². The molecule has 3 heteroatoms. The molecule has 118 valence electrons. The lowest BCUT2D eigenvalue weighted by Crippen LogP contribution is -2.34. The second-order valence-corrected chi connectivity index (χ2v) is 5.99. The van der Waals surface area contributed by atoms with Crippen LogP contribution in [0.2, 0.25) is 0 Å². The van der Waals surface area contributed by atoms with Gasteiger partial charge in [0.1, 0.15) is 11.9 Å². The van der Waals surface area contributed by atoms with Crippen molar-refractivity contribution >= 4 is 0 Å². The zero-order chi connectivity index (χ0) is 15.1. The van der Waals surface area contributed by atoms with Gasteiger partial charge in [0.25, 0.3) is 0 Å². The topological polar surface area (TPSA) is 41.5 Å². The molecule has 0 radical (unpaired) electrons. The molecule has 0 saturated heterocycles. The summed E-state index contributed by atoms with van der Waals surface area (Å²) in [7, 11) is 0. The summed E-state index contributed by atoms with van der Waals surface area (Å²) in [5.74, 6) is 0.870. The highest BCUT2D eigenvalue weighted by Crippen LogP contribution is 2.25. The molecule has 3 unspecified atom stereocenters. The number of aliphatic hydroxyl groups is 1. The minimum Gasteiger partial charge on any atom is -0.488 e. The second kappa shape index (κ2) is 8.40. The summed E-state index contributed by atoms with van der Waals surface area (Å²) < 4.78 is 5.95. The zero-order valence-electron chi connectivity index (χ0n) is 13.3. The molecule has 3 nitrogen and oxygen atoms in total. The van der Waals surface area contributed by atoms with Crippen LogP contribution in [0, 0.1) is 0 Å². The van der Waals surface area contributed by atoms with E-state index < -0.39 is 0 Å². The minimum atomic E-state index is -0.312. The van der Waals surface area contributed by atoms with E-state index in [4.69, 9.17) is 4.74 Å². The Balaban J connectivity index is 1.94. The number of rotatable bonds is 7. The van der Waals surface area contributed by atoms with Crippen molar-refractivity contribution in [3.8, 4) is 5.75 Å². The van der Waals surface area contributed by atoms with Crippen LogP contribution in [0.4, 0.5) is 0 Å². The predicted molar refractivity (Wildman–Crippen MR) is 86.7 cm³/mol. The molecule has 1 aromatic rings. The molecule has 2 rings (SSSR count). The van der Waals surface area contributed by atoms with E-state index in [1.807, 2.05) is 12.1 Å². The van der Waals surface area contributed by atoms with E-state index in [2.05, 4.69) is 31.3 Å². The van der Waals surface area contributed by atoms with Crippen LogP contribution in [0.3, 0.4) is 0 Å². The number of nitrogens with one attached hydrogen (secondary N) is 1. The molecule has 0 amide bonds. The van der Waals surface area contributed by atoms with Crippen LogP contribution in [0.1, 0.15) is 64.0 Å². The third-order valence-electron chi connectivity index (χ3n) is 4.29. The fraction of sp³-hybridized carbons (Fsp3) is 0.667. The molecular weight excluding hydrogens is 262 g/mol. The molecule has 2 N–H and O–H groups in total. The fourth-order valence-electron chi connectivity index (χ4n) is 2.98. The van der Waals surface area contributed by atoms with Gasteiger partial charge in [0.2, 0.25) is 0 Å². The summed E-state index contributed by atoms with van der Waals surface area (Å²) in [6.45, 7) is 5.44. The molecule has 21 heavy (non-hydrogen) atoms. The maximum absolute atomic E-state index is 9.97. The molecule has 3 atom stereocenters. The number of benzene rings is 1. The van der Waals surface area contributed by atoms with Gasteiger partial charge in [-0.25, -0.2) is 0 Å². The van der Waals surface area contributed by atoms with Crippen LogP contribution >= 0.6 is 0 Å². The first kappa shape index (κ1) is 16.3. The summed E-state index contributed by atoms with van der Waals surface area (Å²) >= 11 is 0. The van der Waals surface area contributed by atoms with E-state index in [0.717, 1.165) is 50.8 Å². The zero-order valence-corrected chi connectivity index (χ0v) is 13.3. The minimum absolute atomic E-state index is 0.0372. The average molecular weight is 291 g/mol. The maximum atomic E-state index is 9.97. The van der Waals surface area contributed by atoms with Gasteiger partial charge in [-0.1, -0.05) is 32.4 Å². The van der Waals surface area contributed by atoms with Crippen molar-refractivity contribution in [1.29, 1.82) is 0 Å². The van der Waals surface area contributed by atoms with E-state index in [9.17, 15) is 5.11 Å². The second-order valence-electron chi connectivity index (χ2n) is 5.99. The standard InChI is InChI=1S/C18H29NO2/c1-3-13-19-16(4-2)14-9-11-15(12-10-14)21-18-8-6-5-7-17(18)20/h9-12,16-20H,3-8,13H2,1-2H3. The Morgan fingerprint density at radius 3 is 2.52 bits per heavy atom. The maximum Gasteiger partial charge on any atom is 0.124 e. The third-order valence-corrected chi connectivity index (χ3v) is 4.29. The molecule has 1 fully saturated rings. The van der Waals surface area contributed by atoms with Crippen molar-refractivity contribution in [2.75, 3.05) is 6.54 Å². The van der Waals surface area contributed by atoms with E-state index in [1.165, 1.54) is 5.56 Å². The van der Waals surface area contributed by atoms with Gasteiger partial charge in [-0.15, -0.1) is 0 Å². The molecule has 0 bridgehead atoms. The van der Waals surface area contributed by atoms with Gasteiger partial charge < -0.3 is 15.2 Å². The van der Waals surface area contributed by atoms with Crippen molar-refractivity contribution in [3.05, 3.63) is 29.8 Å². The monoisotopic (exact) mass is 291 g/mol. The molecule has 1 aromatic carbocycles. The molecule has 1 aliphatic rings. The number of ether oxygens (including phenoxy) is 1. The smallest absolute Gasteiger partial charge is 0.124 e. The number of hydrogen-bond donors (Lipinski definition) is 2. The Bertz CT molecular complexity index is 404. The van der Waals surface area contributed by atoms with Crippen LogP contribution in [0.5, 0.6) is 5.75 Å². The Morgan fingerprint density at radius 1 is 1.19 bits per heavy atom. The van der Waals surface area contributed by atoms with Gasteiger partial charge in [0.15, 0.2) is 0 Å². The van der Waals surface area contributed by atoms with Gasteiger partial charge in [-0.2, -0.15) is 0 Å². The number of aliphatic hydroxyl groups excluding tert-OH is 1. The van der Waals surface area contributed by atoms with Crippen molar-refractivity contribution in [1.82, 2.24) is 5.32 Å². The van der Waals surface area contributed by atoms with Gasteiger partial charge in [0.05, 0.1) is 6.10 Å². The van der Waals surface area contributed by atoms with E-state index in [1.54, 1.807) is 0 Å². The van der Waals surface area contributed by atoms with Crippen LogP contribution in [0.15, 0.2) is 24.3 Å². The lowest BCUT2D eigenvalue weighted by Gasteiger charge is -2.28. The molecule has 0 aliphatic heterocycles. The Morgan fingerprint density at radius 2 is 1.90 bits per heavy atom. The van der Waals surface area contributed by atoms with Crippen molar-refractivity contribution in [2.24, 2.45) is 0 Å². The molecule has 0 aromatic heterocycles. The van der Waals surface area contributed by atoms with Gasteiger partial charge in [-0.3, -0.25) is 0 Å². The van der Waals surface area contributed by atoms with Crippen LogP contribution in [-0.4, -0.2) is 23.9 Å². The average Bonchev–Trinajstić information content (AvgIpc) is 2.52. The van der Waals surface area contributed by atoms with Crippen LogP contribution < -0.4 is 10.1 Å². The van der Waals surface area contributed by atoms with E-state index >= 15 is 0 Å². The quantitative estimate of drug-likeness (QED) is 0.802. The van der Waals surface area contributed by atoms with Gasteiger partial charge in [-0.05, 0) is 56.3 Å². The SMILES string of the molecule is CCCNC(CC)c1ccc(OC2CCCCC2O)cc1. The summed E-state index contributed by atoms with van der Waals surface area (Å²) in [5, 5.41) is 13.5. The highest BCUT2D eigenvalue weighted by Gasteiger charge is 2.24. The summed E-state index contributed by atoms with van der Waals surface area (Å²) in [6.07, 6.45) is 5.97. The lowest BCUT2D eigenvalue weighted by atomic mass is 9.95. The molecular formula is C18H29NO2. The van der Waals surface area contributed by atoms with Crippen molar-refractivity contribution < 1.29 is 9.84 Å². The summed E-state index contributed by atoms with van der Waals surface area (Å²) in [6, 6.07) is 8.77. The van der Waals surface area contributed by atoms with Crippen LogP contribution in [0.25, 0.3) is 0 Å². The first-order chi connectivity index (χ1) is 10.2. The fourth-order valence-corrected chi connectivity index (χ4v) is 2.98. The van der Waals surface area contributed by atoms with Crippen molar-refractivity contribution in [2.45, 2.75) is 70.6 Å². The van der Waals surface area contributed by atoms with Gasteiger partial charge in [0, 0.05) is 6.04 Å². The lowest BCUT2D eigenvalue weighted by molar-refractivity contribution is 0.00686. The van der Waals surface area contributed by atoms with Gasteiger partial charge >= 0.3 is 0 Å². The highest BCUT2D eigenvalue weighted by molar-refractivity contribution is 5.29. The first-order valence-electron chi connectivity index (χ1n) is 8.42. The third kappa shape index (κ3) is 4.72. The molecule has 0 spiro atoms. The summed E-state index contributed by atoms with van der Waals surface area (Å²) in [5.41, 5.74) is 1.31.